The Morgan fingerprint density at radius 1 is 1.04 bits per heavy atom. The zero-order chi connectivity index (χ0) is 17.9. The van der Waals surface area contributed by atoms with Crippen molar-refractivity contribution < 1.29 is 4.79 Å². The Kier molecular flexibility index (Phi) is 8.29. The molecular formula is C22H29Cl2N3O. The normalized spacial score (nSPS) is 16.8. The van der Waals surface area contributed by atoms with E-state index in [0.717, 1.165) is 60.9 Å². The first-order valence-electron chi connectivity index (χ1n) is 9.76. The van der Waals surface area contributed by atoms with Gasteiger partial charge in [0.05, 0.1) is 17.0 Å². The van der Waals surface area contributed by atoms with Crippen molar-refractivity contribution in [2.75, 3.05) is 19.6 Å². The number of hydrogen-bond acceptors (Lipinski definition) is 3. The topological polar surface area (TPSA) is 45.2 Å². The van der Waals surface area contributed by atoms with Gasteiger partial charge in [0.15, 0.2) is 0 Å². The molecule has 1 aliphatic heterocycles. The van der Waals surface area contributed by atoms with Crippen LogP contribution in [0.3, 0.4) is 0 Å². The minimum absolute atomic E-state index is 0. The Balaban J connectivity index is 0.00000140. The fourth-order valence-electron chi connectivity index (χ4n) is 3.67. The number of piperidine rings is 1. The maximum atomic E-state index is 12.9. The third-order valence-corrected chi connectivity index (χ3v) is 5.56. The third-order valence-electron chi connectivity index (χ3n) is 5.56. The fourth-order valence-corrected chi connectivity index (χ4v) is 3.67. The Morgan fingerprint density at radius 2 is 1.71 bits per heavy atom. The Morgan fingerprint density at radius 3 is 2.32 bits per heavy atom. The highest BCUT2D eigenvalue weighted by atomic mass is 35.5. The first-order chi connectivity index (χ1) is 12.7. The molecule has 0 radical (unpaired) electrons. The van der Waals surface area contributed by atoms with Crippen molar-refractivity contribution in [2.45, 2.75) is 38.6 Å². The van der Waals surface area contributed by atoms with Crippen LogP contribution in [0.2, 0.25) is 0 Å². The smallest absolute Gasteiger partial charge is 0.255 e. The molecule has 2 heterocycles. The number of hydrogen-bond donors (Lipinski definition) is 1. The van der Waals surface area contributed by atoms with E-state index in [1.807, 2.05) is 54.3 Å². The molecule has 2 aliphatic rings. The Bertz CT molecular complexity index is 773. The number of aromatic nitrogens is 1. The van der Waals surface area contributed by atoms with E-state index in [2.05, 4.69) is 10.3 Å². The molecule has 0 bridgehead atoms. The lowest BCUT2D eigenvalue weighted by Gasteiger charge is -2.33. The van der Waals surface area contributed by atoms with Gasteiger partial charge in [0.2, 0.25) is 0 Å². The molecule has 0 unspecified atom stereocenters. The van der Waals surface area contributed by atoms with Crippen molar-refractivity contribution >= 4 is 30.7 Å². The third kappa shape index (κ3) is 5.47. The van der Waals surface area contributed by atoms with Gasteiger partial charge in [-0.15, -0.1) is 24.8 Å². The summed E-state index contributed by atoms with van der Waals surface area (Å²) in [4.78, 5) is 19.6. The second kappa shape index (κ2) is 10.2. The average Bonchev–Trinajstić information content (AvgIpc) is 3.51. The minimum atomic E-state index is 0. The van der Waals surface area contributed by atoms with Crippen LogP contribution in [0.15, 0.2) is 42.5 Å². The van der Waals surface area contributed by atoms with Crippen LogP contribution in [0.4, 0.5) is 0 Å². The van der Waals surface area contributed by atoms with Crippen LogP contribution in [-0.2, 0) is 0 Å². The molecule has 1 aliphatic carbocycles. The van der Waals surface area contributed by atoms with Gasteiger partial charge in [-0.05, 0) is 57.2 Å². The van der Waals surface area contributed by atoms with Gasteiger partial charge in [-0.2, -0.15) is 0 Å². The van der Waals surface area contributed by atoms with Crippen LogP contribution in [0.1, 0.15) is 41.7 Å². The molecule has 152 valence electrons. The van der Waals surface area contributed by atoms with Crippen molar-refractivity contribution in [2.24, 2.45) is 5.92 Å². The molecule has 1 N–H and O–H groups in total. The second-order valence-corrected chi connectivity index (χ2v) is 7.61. The van der Waals surface area contributed by atoms with E-state index in [1.165, 1.54) is 12.8 Å². The van der Waals surface area contributed by atoms with Gasteiger partial charge in [0, 0.05) is 24.7 Å². The van der Waals surface area contributed by atoms with Crippen molar-refractivity contribution in [1.82, 2.24) is 15.2 Å². The summed E-state index contributed by atoms with van der Waals surface area (Å²) < 4.78 is 0. The largest absolute Gasteiger partial charge is 0.338 e. The molecule has 4 rings (SSSR count). The predicted molar refractivity (Wildman–Crippen MR) is 119 cm³/mol. The summed E-state index contributed by atoms with van der Waals surface area (Å²) in [6, 6.07) is 14.6. The lowest BCUT2D eigenvalue weighted by Crippen LogP contribution is -2.45. The van der Waals surface area contributed by atoms with Crippen LogP contribution in [0.5, 0.6) is 0 Å². The maximum absolute atomic E-state index is 12.9. The standard InChI is InChI=1S/C22H27N3O.2ClH/c1-16-20(9-10-21(24-16)18-5-3-2-4-6-18)22(26)25-13-11-19(12-14-25)23-15-17-7-8-17;;/h2-6,9-10,17,19,23H,7-8,11-15H2,1H3;2*1H. The summed E-state index contributed by atoms with van der Waals surface area (Å²) >= 11 is 0. The number of amides is 1. The molecule has 6 heteroatoms. The van der Waals surface area contributed by atoms with Gasteiger partial charge in [-0.3, -0.25) is 9.78 Å². The number of likely N-dealkylation sites (tertiary alicyclic amines) is 1. The summed E-state index contributed by atoms with van der Waals surface area (Å²) in [7, 11) is 0. The average molecular weight is 422 g/mol. The lowest BCUT2D eigenvalue weighted by molar-refractivity contribution is 0.0704. The van der Waals surface area contributed by atoms with Crippen LogP contribution in [0.25, 0.3) is 11.3 Å². The molecule has 2 fully saturated rings. The molecule has 2 aromatic rings. The van der Waals surface area contributed by atoms with E-state index in [9.17, 15) is 4.79 Å². The fraction of sp³-hybridized carbons (Fsp3) is 0.455. The quantitative estimate of drug-likeness (QED) is 0.772. The van der Waals surface area contributed by atoms with Crippen molar-refractivity contribution in [3.05, 3.63) is 53.7 Å². The summed E-state index contributed by atoms with van der Waals surface area (Å²) in [5, 5.41) is 3.67. The van der Waals surface area contributed by atoms with Crippen molar-refractivity contribution in [3.8, 4) is 11.3 Å². The maximum Gasteiger partial charge on any atom is 0.255 e. The summed E-state index contributed by atoms with van der Waals surface area (Å²) in [6.07, 6.45) is 4.87. The van der Waals surface area contributed by atoms with Gasteiger partial charge < -0.3 is 10.2 Å². The number of nitrogens with one attached hydrogen (secondary N) is 1. The number of benzene rings is 1. The number of aryl methyl sites for hydroxylation is 1. The first-order valence-corrected chi connectivity index (χ1v) is 9.76. The Labute approximate surface area is 179 Å². The van der Waals surface area contributed by atoms with Gasteiger partial charge in [0.25, 0.3) is 5.91 Å². The van der Waals surface area contributed by atoms with E-state index in [1.54, 1.807) is 0 Å². The van der Waals surface area contributed by atoms with Gasteiger partial charge >= 0.3 is 0 Å². The number of rotatable bonds is 5. The van der Waals surface area contributed by atoms with E-state index in [0.29, 0.717) is 6.04 Å². The Hall–Kier alpha value is -1.62. The lowest BCUT2D eigenvalue weighted by atomic mass is 10.0. The number of carbonyl (C=O) groups excluding carboxylic acids is 1. The molecule has 1 saturated carbocycles. The minimum Gasteiger partial charge on any atom is -0.338 e. The molecule has 28 heavy (non-hydrogen) atoms. The van der Waals surface area contributed by atoms with Crippen LogP contribution < -0.4 is 5.32 Å². The molecule has 4 nitrogen and oxygen atoms in total. The highest BCUT2D eigenvalue weighted by molar-refractivity contribution is 5.95. The molecular weight excluding hydrogens is 393 g/mol. The van der Waals surface area contributed by atoms with E-state index in [4.69, 9.17) is 0 Å². The van der Waals surface area contributed by atoms with Crippen LogP contribution >= 0.6 is 24.8 Å². The zero-order valence-electron chi connectivity index (χ0n) is 16.3. The second-order valence-electron chi connectivity index (χ2n) is 7.61. The number of pyridine rings is 1. The molecule has 1 amide bonds. The number of carbonyl (C=O) groups is 1. The highest BCUT2D eigenvalue weighted by Crippen LogP contribution is 2.28. The first kappa shape index (κ1) is 22.7. The summed E-state index contributed by atoms with van der Waals surface area (Å²) in [6.45, 7) is 4.76. The van der Waals surface area contributed by atoms with E-state index >= 15 is 0 Å². The van der Waals surface area contributed by atoms with Crippen molar-refractivity contribution in [3.63, 3.8) is 0 Å². The molecule has 1 aromatic carbocycles. The van der Waals surface area contributed by atoms with Crippen molar-refractivity contribution in [1.29, 1.82) is 0 Å². The van der Waals surface area contributed by atoms with Crippen LogP contribution in [0, 0.1) is 12.8 Å². The molecule has 1 saturated heterocycles. The van der Waals surface area contributed by atoms with E-state index < -0.39 is 0 Å². The zero-order valence-corrected chi connectivity index (χ0v) is 17.9. The van der Waals surface area contributed by atoms with Gasteiger partial charge in [-0.25, -0.2) is 0 Å². The van der Waals surface area contributed by atoms with Gasteiger partial charge in [-0.1, -0.05) is 30.3 Å². The number of nitrogens with zero attached hydrogens (tertiary/aromatic N) is 2. The highest BCUT2D eigenvalue weighted by Gasteiger charge is 2.27. The SMILES string of the molecule is Cc1nc(-c2ccccc2)ccc1C(=O)N1CCC(NCC2CC2)CC1.Cl.Cl. The number of halogens is 2. The monoisotopic (exact) mass is 421 g/mol. The molecule has 0 spiro atoms. The van der Waals surface area contributed by atoms with Crippen LogP contribution in [-0.4, -0.2) is 41.5 Å². The summed E-state index contributed by atoms with van der Waals surface area (Å²) in [5.74, 6) is 1.03. The molecule has 1 aromatic heterocycles. The molecule has 0 atom stereocenters. The van der Waals surface area contributed by atoms with E-state index in [-0.39, 0.29) is 30.7 Å². The predicted octanol–water partition coefficient (Wildman–Crippen LogP) is 4.50. The van der Waals surface area contributed by atoms with Gasteiger partial charge in [0.1, 0.15) is 0 Å². The summed E-state index contributed by atoms with van der Waals surface area (Å²) in [5.41, 5.74) is 3.54.